The molecular formula is C14H20O4. The molecule has 100 valence electrons. The molecule has 0 heterocycles. The maximum absolute atomic E-state index is 11.3. The molecule has 18 heavy (non-hydrogen) atoms. The smallest absolute Gasteiger partial charge is 0.308 e. The number of hydrogen-bond acceptors (Lipinski definition) is 4. The van der Waals surface area contributed by atoms with Crippen molar-refractivity contribution in [3.63, 3.8) is 0 Å². The van der Waals surface area contributed by atoms with Crippen LogP contribution in [0, 0.1) is 5.92 Å². The molecule has 2 atom stereocenters. The van der Waals surface area contributed by atoms with Crippen LogP contribution in [0.15, 0.2) is 24.3 Å². The van der Waals surface area contributed by atoms with Crippen LogP contribution in [0.2, 0.25) is 0 Å². The van der Waals surface area contributed by atoms with E-state index >= 15 is 0 Å². The van der Waals surface area contributed by atoms with Gasteiger partial charge in [-0.25, -0.2) is 0 Å². The number of aliphatic hydroxyl groups is 1. The zero-order valence-electron chi connectivity index (χ0n) is 11.1. The van der Waals surface area contributed by atoms with Gasteiger partial charge in [0.2, 0.25) is 0 Å². The summed E-state index contributed by atoms with van der Waals surface area (Å²) in [5.74, 6) is 0.0792. The fourth-order valence-electron chi connectivity index (χ4n) is 1.75. The van der Waals surface area contributed by atoms with Crippen LogP contribution in [-0.4, -0.2) is 24.8 Å². The number of methoxy groups -OCH3 is 1. The molecule has 2 unspecified atom stereocenters. The summed E-state index contributed by atoms with van der Waals surface area (Å²) in [4.78, 5) is 11.3. The molecule has 0 aliphatic rings. The van der Waals surface area contributed by atoms with Crippen molar-refractivity contribution in [1.82, 2.24) is 0 Å². The van der Waals surface area contributed by atoms with E-state index < -0.39 is 6.10 Å². The average Bonchev–Trinajstić information content (AvgIpc) is 2.38. The molecule has 0 radical (unpaired) electrons. The predicted octanol–water partition coefficient (Wildman–Crippen LogP) is 2.32. The second-order valence-electron chi connectivity index (χ2n) is 4.18. The SMILES string of the molecule is CCOc1cccc(C(O)CC(C)C(=O)OC)c1. The number of aliphatic hydroxyl groups excluding tert-OH is 1. The van der Waals surface area contributed by atoms with E-state index in [9.17, 15) is 9.90 Å². The Bertz CT molecular complexity index is 389. The molecule has 1 aromatic rings. The van der Waals surface area contributed by atoms with Crippen LogP contribution in [0.3, 0.4) is 0 Å². The van der Waals surface area contributed by atoms with Crippen LogP contribution < -0.4 is 4.74 Å². The van der Waals surface area contributed by atoms with Crippen molar-refractivity contribution >= 4 is 5.97 Å². The van der Waals surface area contributed by atoms with Gasteiger partial charge in [-0.05, 0) is 31.0 Å². The minimum absolute atomic E-state index is 0.310. The molecule has 1 N–H and O–H groups in total. The van der Waals surface area contributed by atoms with Gasteiger partial charge in [-0.3, -0.25) is 4.79 Å². The Morgan fingerprint density at radius 3 is 2.78 bits per heavy atom. The molecule has 0 aliphatic heterocycles. The standard InChI is InChI=1S/C14H20O4/c1-4-18-12-7-5-6-11(9-12)13(15)8-10(2)14(16)17-3/h5-7,9-10,13,15H,4,8H2,1-3H3. The van der Waals surface area contributed by atoms with Crippen LogP contribution in [0.5, 0.6) is 5.75 Å². The first-order valence-corrected chi connectivity index (χ1v) is 6.07. The first-order chi connectivity index (χ1) is 8.58. The van der Waals surface area contributed by atoms with Gasteiger partial charge in [0.1, 0.15) is 5.75 Å². The quantitative estimate of drug-likeness (QED) is 0.789. The molecule has 4 nitrogen and oxygen atoms in total. The third kappa shape index (κ3) is 4.04. The first-order valence-electron chi connectivity index (χ1n) is 6.07. The van der Waals surface area contributed by atoms with E-state index in [0.29, 0.717) is 13.0 Å². The number of carbonyl (C=O) groups is 1. The van der Waals surface area contributed by atoms with Gasteiger partial charge in [-0.1, -0.05) is 19.1 Å². The minimum Gasteiger partial charge on any atom is -0.494 e. The van der Waals surface area contributed by atoms with Gasteiger partial charge in [-0.15, -0.1) is 0 Å². The maximum atomic E-state index is 11.3. The predicted molar refractivity (Wildman–Crippen MR) is 68.4 cm³/mol. The summed E-state index contributed by atoms with van der Waals surface area (Å²) in [6.45, 7) is 4.22. The summed E-state index contributed by atoms with van der Waals surface area (Å²) in [6.07, 6.45) is -0.359. The van der Waals surface area contributed by atoms with Crippen LogP contribution in [0.4, 0.5) is 0 Å². The molecule has 0 spiro atoms. The summed E-state index contributed by atoms with van der Waals surface area (Å²) in [5, 5.41) is 10.1. The van der Waals surface area contributed by atoms with Crippen LogP contribution in [0.1, 0.15) is 31.9 Å². The molecular weight excluding hydrogens is 232 g/mol. The van der Waals surface area contributed by atoms with Crippen molar-refractivity contribution in [2.75, 3.05) is 13.7 Å². The summed E-state index contributed by atoms with van der Waals surface area (Å²) >= 11 is 0. The Hall–Kier alpha value is -1.55. The Morgan fingerprint density at radius 2 is 2.17 bits per heavy atom. The van der Waals surface area contributed by atoms with E-state index in [4.69, 9.17) is 4.74 Å². The highest BCUT2D eigenvalue weighted by molar-refractivity contribution is 5.71. The van der Waals surface area contributed by atoms with Gasteiger partial charge >= 0.3 is 5.97 Å². The van der Waals surface area contributed by atoms with E-state index in [1.807, 2.05) is 25.1 Å². The summed E-state index contributed by atoms with van der Waals surface area (Å²) in [6, 6.07) is 7.27. The number of benzene rings is 1. The average molecular weight is 252 g/mol. The highest BCUT2D eigenvalue weighted by Crippen LogP contribution is 2.25. The van der Waals surface area contributed by atoms with Gasteiger partial charge < -0.3 is 14.6 Å². The number of carbonyl (C=O) groups excluding carboxylic acids is 1. The minimum atomic E-state index is -0.695. The Balaban J connectivity index is 2.68. The highest BCUT2D eigenvalue weighted by atomic mass is 16.5. The number of rotatable bonds is 6. The molecule has 0 saturated carbocycles. The van der Waals surface area contributed by atoms with Crippen molar-refractivity contribution in [2.45, 2.75) is 26.4 Å². The van der Waals surface area contributed by atoms with Gasteiger partial charge in [0.15, 0.2) is 0 Å². The molecule has 0 aromatic heterocycles. The summed E-state index contributed by atoms with van der Waals surface area (Å²) in [7, 11) is 1.35. The lowest BCUT2D eigenvalue weighted by Crippen LogP contribution is -2.16. The van der Waals surface area contributed by atoms with E-state index in [1.165, 1.54) is 7.11 Å². The van der Waals surface area contributed by atoms with Crippen molar-refractivity contribution in [1.29, 1.82) is 0 Å². The highest BCUT2D eigenvalue weighted by Gasteiger charge is 2.19. The number of ether oxygens (including phenoxy) is 2. The molecule has 1 rings (SSSR count). The van der Waals surface area contributed by atoms with Crippen molar-refractivity contribution in [3.05, 3.63) is 29.8 Å². The fraction of sp³-hybridized carbons (Fsp3) is 0.500. The molecule has 0 bridgehead atoms. The van der Waals surface area contributed by atoms with Crippen LogP contribution in [-0.2, 0) is 9.53 Å². The monoisotopic (exact) mass is 252 g/mol. The second-order valence-corrected chi connectivity index (χ2v) is 4.18. The zero-order valence-corrected chi connectivity index (χ0v) is 11.1. The molecule has 1 aromatic carbocycles. The van der Waals surface area contributed by atoms with E-state index in [1.54, 1.807) is 13.0 Å². The first kappa shape index (κ1) is 14.5. The lowest BCUT2D eigenvalue weighted by atomic mass is 9.98. The Labute approximate surface area is 108 Å². The van der Waals surface area contributed by atoms with Gasteiger partial charge in [0, 0.05) is 0 Å². The lowest BCUT2D eigenvalue weighted by Gasteiger charge is -2.15. The van der Waals surface area contributed by atoms with E-state index in [2.05, 4.69) is 4.74 Å². The summed E-state index contributed by atoms with van der Waals surface area (Å²) in [5.41, 5.74) is 0.747. The van der Waals surface area contributed by atoms with Gasteiger partial charge in [0.05, 0.1) is 25.7 Å². The van der Waals surface area contributed by atoms with Crippen LogP contribution in [0.25, 0.3) is 0 Å². The number of esters is 1. The molecule has 0 saturated heterocycles. The van der Waals surface area contributed by atoms with Crippen molar-refractivity contribution in [2.24, 2.45) is 5.92 Å². The third-order valence-corrected chi connectivity index (χ3v) is 2.73. The summed E-state index contributed by atoms with van der Waals surface area (Å²) < 4.78 is 10.0. The largest absolute Gasteiger partial charge is 0.494 e. The normalized spacial score (nSPS) is 13.8. The lowest BCUT2D eigenvalue weighted by molar-refractivity contribution is -0.145. The Morgan fingerprint density at radius 1 is 1.44 bits per heavy atom. The van der Waals surface area contributed by atoms with E-state index in [-0.39, 0.29) is 11.9 Å². The van der Waals surface area contributed by atoms with Gasteiger partial charge in [-0.2, -0.15) is 0 Å². The molecule has 0 aliphatic carbocycles. The number of hydrogen-bond donors (Lipinski definition) is 1. The van der Waals surface area contributed by atoms with Crippen LogP contribution >= 0.6 is 0 Å². The van der Waals surface area contributed by atoms with Gasteiger partial charge in [0.25, 0.3) is 0 Å². The molecule has 4 heteroatoms. The van der Waals surface area contributed by atoms with Crippen molar-refractivity contribution < 1.29 is 19.4 Å². The fourth-order valence-corrected chi connectivity index (χ4v) is 1.75. The van der Waals surface area contributed by atoms with Crippen molar-refractivity contribution in [3.8, 4) is 5.75 Å². The topological polar surface area (TPSA) is 55.8 Å². The second kappa shape index (κ2) is 7.01. The Kier molecular flexibility index (Phi) is 5.65. The molecule has 0 amide bonds. The zero-order chi connectivity index (χ0) is 13.5. The maximum Gasteiger partial charge on any atom is 0.308 e. The molecule has 0 fully saturated rings. The third-order valence-electron chi connectivity index (χ3n) is 2.73. The van der Waals surface area contributed by atoms with E-state index in [0.717, 1.165) is 11.3 Å².